The molecule has 3 N–H and O–H groups in total. The van der Waals surface area contributed by atoms with E-state index in [0.29, 0.717) is 11.4 Å². The zero-order chi connectivity index (χ0) is 11.6. The molecular formula is C11H14ClNO2. The molecule has 4 heteroatoms. The summed E-state index contributed by atoms with van der Waals surface area (Å²) in [4.78, 5) is 10.6. The van der Waals surface area contributed by atoms with Crippen molar-refractivity contribution in [2.24, 2.45) is 5.73 Å². The first-order valence-electron chi connectivity index (χ1n) is 4.66. The average molecular weight is 228 g/mol. The lowest BCUT2D eigenvalue weighted by atomic mass is 9.99. The highest BCUT2D eigenvalue weighted by Crippen LogP contribution is 2.22. The van der Waals surface area contributed by atoms with Crippen LogP contribution in [0.2, 0.25) is 5.02 Å². The van der Waals surface area contributed by atoms with Crippen LogP contribution in [0.1, 0.15) is 16.7 Å². The van der Waals surface area contributed by atoms with Crippen molar-refractivity contribution >= 4 is 17.6 Å². The molecule has 0 bridgehead atoms. The fourth-order valence-corrected chi connectivity index (χ4v) is 1.72. The van der Waals surface area contributed by atoms with Crippen molar-refractivity contribution < 1.29 is 9.90 Å². The van der Waals surface area contributed by atoms with E-state index in [-0.39, 0.29) is 0 Å². The van der Waals surface area contributed by atoms with Crippen LogP contribution in [0.25, 0.3) is 0 Å². The number of carboxylic acids is 1. The van der Waals surface area contributed by atoms with E-state index in [2.05, 4.69) is 0 Å². The van der Waals surface area contributed by atoms with Crippen molar-refractivity contribution in [2.45, 2.75) is 26.3 Å². The van der Waals surface area contributed by atoms with Crippen LogP contribution in [-0.2, 0) is 11.2 Å². The van der Waals surface area contributed by atoms with E-state index in [1.165, 1.54) is 0 Å². The first-order valence-corrected chi connectivity index (χ1v) is 5.03. The Morgan fingerprint density at radius 3 is 2.67 bits per heavy atom. The number of halogens is 1. The topological polar surface area (TPSA) is 63.3 Å². The number of benzene rings is 1. The number of rotatable bonds is 3. The Hall–Kier alpha value is -1.06. The van der Waals surface area contributed by atoms with Crippen LogP contribution in [0.4, 0.5) is 0 Å². The molecule has 3 nitrogen and oxygen atoms in total. The molecule has 1 aromatic rings. The molecule has 0 fully saturated rings. The zero-order valence-corrected chi connectivity index (χ0v) is 9.51. The molecule has 82 valence electrons. The summed E-state index contributed by atoms with van der Waals surface area (Å²) in [5.41, 5.74) is 8.29. The van der Waals surface area contributed by atoms with Gasteiger partial charge < -0.3 is 10.8 Å². The van der Waals surface area contributed by atoms with Gasteiger partial charge in [0.25, 0.3) is 0 Å². The molecule has 0 spiro atoms. The van der Waals surface area contributed by atoms with E-state index in [4.69, 9.17) is 22.4 Å². The summed E-state index contributed by atoms with van der Waals surface area (Å²) in [7, 11) is 0. The Labute approximate surface area is 93.9 Å². The number of aryl methyl sites for hydroxylation is 1. The number of carbonyl (C=O) groups is 1. The van der Waals surface area contributed by atoms with Gasteiger partial charge in [-0.1, -0.05) is 17.7 Å². The Kier molecular flexibility index (Phi) is 3.72. The fraction of sp³-hybridized carbons (Fsp3) is 0.364. The van der Waals surface area contributed by atoms with Crippen molar-refractivity contribution in [1.29, 1.82) is 0 Å². The molecule has 1 aromatic carbocycles. The van der Waals surface area contributed by atoms with Crippen LogP contribution in [0.5, 0.6) is 0 Å². The van der Waals surface area contributed by atoms with E-state index >= 15 is 0 Å². The smallest absolute Gasteiger partial charge is 0.320 e. The van der Waals surface area contributed by atoms with Crippen molar-refractivity contribution in [2.75, 3.05) is 0 Å². The number of nitrogens with two attached hydrogens (primary N) is 1. The second-order valence-electron chi connectivity index (χ2n) is 3.68. The van der Waals surface area contributed by atoms with Crippen molar-refractivity contribution in [3.8, 4) is 0 Å². The van der Waals surface area contributed by atoms with Crippen molar-refractivity contribution in [3.63, 3.8) is 0 Å². The minimum Gasteiger partial charge on any atom is -0.480 e. The summed E-state index contributed by atoms with van der Waals surface area (Å²) in [6.07, 6.45) is 0.308. The van der Waals surface area contributed by atoms with Gasteiger partial charge in [-0.25, -0.2) is 0 Å². The van der Waals surface area contributed by atoms with E-state index in [1.54, 1.807) is 0 Å². The van der Waals surface area contributed by atoms with Gasteiger partial charge in [-0.15, -0.1) is 0 Å². The predicted molar refractivity (Wildman–Crippen MR) is 60.2 cm³/mol. The molecule has 0 radical (unpaired) electrons. The van der Waals surface area contributed by atoms with E-state index < -0.39 is 12.0 Å². The van der Waals surface area contributed by atoms with Gasteiger partial charge in [-0.05, 0) is 43.0 Å². The van der Waals surface area contributed by atoms with Crippen molar-refractivity contribution in [3.05, 3.63) is 33.8 Å². The summed E-state index contributed by atoms with van der Waals surface area (Å²) < 4.78 is 0. The first kappa shape index (κ1) is 12.0. The summed E-state index contributed by atoms with van der Waals surface area (Å²) >= 11 is 5.99. The maximum atomic E-state index is 10.6. The van der Waals surface area contributed by atoms with Crippen LogP contribution < -0.4 is 5.73 Å². The van der Waals surface area contributed by atoms with Crippen LogP contribution >= 0.6 is 11.6 Å². The Morgan fingerprint density at radius 2 is 2.13 bits per heavy atom. The van der Waals surface area contributed by atoms with Gasteiger partial charge in [0.2, 0.25) is 0 Å². The monoisotopic (exact) mass is 227 g/mol. The number of hydrogen-bond acceptors (Lipinski definition) is 2. The lowest BCUT2D eigenvalue weighted by Crippen LogP contribution is -2.32. The molecule has 0 saturated heterocycles. The molecule has 0 aliphatic rings. The van der Waals surface area contributed by atoms with Gasteiger partial charge in [0.1, 0.15) is 6.04 Å². The maximum Gasteiger partial charge on any atom is 0.320 e. The highest BCUT2D eigenvalue weighted by molar-refractivity contribution is 6.31. The quantitative estimate of drug-likeness (QED) is 0.829. The van der Waals surface area contributed by atoms with Gasteiger partial charge in [-0.2, -0.15) is 0 Å². The molecule has 0 aliphatic heterocycles. The number of carboxylic acid groups (broad SMARTS) is 1. The van der Waals surface area contributed by atoms with Gasteiger partial charge in [0, 0.05) is 5.02 Å². The molecule has 0 saturated carbocycles. The Morgan fingerprint density at radius 1 is 1.53 bits per heavy atom. The Bertz CT molecular complexity index is 390. The minimum absolute atomic E-state index is 0.308. The van der Waals surface area contributed by atoms with Crippen LogP contribution in [0, 0.1) is 13.8 Å². The molecule has 0 amide bonds. The lowest BCUT2D eigenvalue weighted by Gasteiger charge is -2.11. The second kappa shape index (κ2) is 4.64. The zero-order valence-electron chi connectivity index (χ0n) is 8.75. The minimum atomic E-state index is -0.993. The number of hydrogen-bond donors (Lipinski definition) is 2. The molecule has 15 heavy (non-hydrogen) atoms. The molecule has 1 unspecified atom stereocenters. The van der Waals surface area contributed by atoms with Crippen molar-refractivity contribution in [1.82, 2.24) is 0 Å². The average Bonchev–Trinajstić information content (AvgIpc) is 2.13. The second-order valence-corrected chi connectivity index (χ2v) is 4.09. The highest BCUT2D eigenvalue weighted by atomic mass is 35.5. The third-order valence-electron chi connectivity index (χ3n) is 2.35. The van der Waals surface area contributed by atoms with E-state index in [9.17, 15) is 4.79 Å². The predicted octanol–water partition coefficient (Wildman–Crippen LogP) is 1.91. The van der Waals surface area contributed by atoms with Crippen LogP contribution in [0.15, 0.2) is 12.1 Å². The maximum absolute atomic E-state index is 10.6. The molecular weight excluding hydrogens is 214 g/mol. The van der Waals surface area contributed by atoms with Gasteiger partial charge >= 0.3 is 5.97 Å². The molecule has 1 rings (SSSR count). The third kappa shape index (κ3) is 2.94. The normalized spacial score (nSPS) is 12.5. The summed E-state index contributed by atoms with van der Waals surface area (Å²) in [5, 5.41) is 9.37. The van der Waals surface area contributed by atoms with E-state index in [0.717, 1.165) is 16.7 Å². The largest absolute Gasteiger partial charge is 0.480 e. The molecule has 0 heterocycles. The fourth-order valence-electron chi connectivity index (χ4n) is 1.42. The third-order valence-corrected chi connectivity index (χ3v) is 2.75. The highest BCUT2D eigenvalue weighted by Gasteiger charge is 2.14. The van der Waals surface area contributed by atoms with E-state index in [1.807, 2.05) is 26.0 Å². The summed E-state index contributed by atoms with van der Waals surface area (Å²) in [5.74, 6) is -0.993. The Balaban J connectivity index is 2.99. The first-order chi connectivity index (χ1) is 6.91. The SMILES string of the molecule is Cc1cc(Cl)c(C)c(CC(N)C(=O)O)c1. The van der Waals surface area contributed by atoms with Crippen LogP contribution in [0.3, 0.4) is 0 Å². The lowest BCUT2D eigenvalue weighted by molar-refractivity contribution is -0.138. The molecule has 1 atom stereocenters. The summed E-state index contributed by atoms with van der Waals surface area (Å²) in [6, 6.07) is 2.90. The van der Waals surface area contributed by atoms with Gasteiger partial charge in [0.05, 0.1) is 0 Å². The molecule has 0 aromatic heterocycles. The summed E-state index contributed by atoms with van der Waals surface area (Å²) in [6.45, 7) is 3.78. The van der Waals surface area contributed by atoms with Crippen LogP contribution in [-0.4, -0.2) is 17.1 Å². The standard InChI is InChI=1S/C11H14ClNO2/c1-6-3-8(5-10(13)11(14)15)7(2)9(12)4-6/h3-4,10H,5,13H2,1-2H3,(H,14,15). The molecule has 0 aliphatic carbocycles. The van der Waals surface area contributed by atoms with Gasteiger partial charge in [-0.3, -0.25) is 4.79 Å². The van der Waals surface area contributed by atoms with Gasteiger partial charge in [0.15, 0.2) is 0 Å². The number of aliphatic carboxylic acids is 1.